The molecule has 0 heterocycles. The minimum Gasteiger partial charge on any atom is -0.444 e. The smallest absolute Gasteiger partial charge is 0.407 e. The van der Waals surface area contributed by atoms with Crippen molar-refractivity contribution in [1.82, 2.24) is 5.32 Å². The second kappa shape index (κ2) is 7.64. The summed E-state index contributed by atoms with van der Waals surface area (Å²) in [5.74, 6) is 0.0706. The number of hydrogen-bond acceptors (Lipinski definition) is 2. The van der Waals surface area contributed by atoms with Crippen LogP contribution in [0.5, 0.6) is 0 Å². The van der Waals surface area contributed by atoms with Gasteiger partial charge in [-0.1, -0.05) is 58.4 Å². The molecule has 0 spiro atoms. The van der Waals surface area contributed by atoms with Gasteiger partial charge in [-0.2, -0.15) is 0 Å². The van der Waals surface area contributed by atoms with E-state index in [1.807, 2.05) is 51.1 Å². The van der Waals surface area contributed by atoms with Gasteiger partial charge in [0, 0.05) is 16.9 Å². The highest BCUT2D eigenvalue weighted by Crippen LogP contribution is 2.26. The first-order chi connectivity index (χ1) is 10.8. The Morgan fingerprint density at radius 3 is 2.35 bits per heavy atom. The minimum atomic E-state index is -0.498. The first kappa shape index (κ1) is 17.5. The lowest BCUT2D eigenvalue weighted by Crippen LogP contribution is -2.35. The third kappa shape index (κ3) is 5.71. The van der Waals surface area contributed by atoms with Crippen LogP contribution in [0.15, 0.2) is 59.1 Å². The van der Waals surface area contributed by atoms with Crippen molar-refractivity contribution in [2.24, 2.45) is 0 Å². The zero-order chi connectivity index (χ0) is 16.9. The average Bonchev–Trinajstić information content (AvgIpc) is 2.47. The molecule has 4 heteroatoms. The number of amides is 1. The van der Waals surface area contributed by atoms with E-state index in [1.54, 1.807) is 0 Å². The number of halogens is 1. The SMILES string of the molecule is CC(C)(C)OC(=O)NCC(c1ccccc1)c1cccc(Br)c1. The number of carbonyl (C=O) groups excluding carboxylic acids is 1. The van der Waals surface area contributed by atoms with Crippen LogP contribution in [0.4, 0.5) is 4.79 Å². The zero-order valence-corrected chi connectivity index (χ0v) is 15.3. The fourth-order valence-corrected chi connectivity index (χ4v) is 2.75. The summed E-state index contributed by atoms with van der Waals surface area (Å²) in [4.78, 5) is 12.0. The molecular weight excluding hydrogens is 354 g/mol. The number of nitrogens with one attached hydrogen (secondary N) is 1. The van der Waals surface area contributed by atoms with E-state index >= 15 is 0 Å². The van der Waals surface area contributed by atoms with Crippen LogP contribution in [0.1, 0.15) is 37.8 Å². The molecule has 0 aliphatic heterocycles. The van der Waals surface area contributed by atoms with Gasteiger partial charge in [-0.3, -0.25) is 0 Å². The molecule has 2 aromatic carbocycles. The van der Waals surface area contributed by atoms with E-state index in [4.69, 9.17) is 4.74 Å². The van der Waals surface area contributed by atoms with Gasteiger partial charge in [0.2, 0.25) is 0 Å². The van der Waals surface area contributed by atoms with Gasteiger partial charge in [0.15, 0.2) is 0 Å². The van der Waals surface area contributed by atoms with E-state index < -0.39 is 11.7 Å². The third-order valence-corrected chi connectivity index (χ3v) is 3.80. The molecule has 0 saturated heterocycles. The second-order valence-electron chi connectivity index (χ2n) is 6.40. The van der Waals surface area contributed by atoms with Crippen LogP contribution >= 0.6 is 15.9 Å². The van der Waals surface area contributed by atoms with Gasteiger partial charge in [0.05, 0.1) is 0 Å². The summed E-state index contributed by atoms with van der Waals surface area (Å²) >= 11 is 3.51. The molecule has 0 saturated carbocycles. The summed E-state index contributed by atoms with van der Waals surface area (Å²) in [6.45, 7) is 6.05. The minimum absolute atomic E-state index is 0.0706. The standard InChI is InChI=1S/C19H22BrNO2/c1-19(2,3)23-18(22)21-13-17(14-8-5-4-6-9-14)15-10-7-11-16(20)12-15/h4-12,17H,13H2,1-3H3,(H,21,22). The summed E-state index contributed by atoms with van der Waals surface area (Å²) in [6, 6.07) is 18.3. The monoisotopic (exact) mass is 375 g/mol. The van der Waals surface area contributed by atoms with Crippen LogP contribution in [-0.2, 0) is 4.74 Å². The van der Waals surface area contributed by atoms with E-state index in [9.17, 15) is 4.79 Å². The van der Waals surface area contributed by atoms with E-state index in [0.717, 1.165) is 15.6 Å². The highest BCUT2D eigenvalue weighted by Gasteiger charge is 2.19. The van der Waals surface area contributed by atoms with Crippen molar-refractivity contribution in [1.29, 1.82) is 0 Å². The van der Waals surface area contributed by atoms with Gasteiger partial charge in [0.1, 0.15) is 5.60 Å². The lowest BCUT2D eigenvalue weighted by molar-refractivity contribution is 0.0526. The molecule has 0 bridgehead atoms. The first-order valence-corrected chi connectivity index (χ1v) is 8.42. The van der Waals surface area contributed by atoms with Gasteiger partial charge in [-0.15, -0.1) is 0 Å². The number of alkyl carbamates (subject to hydrolysis) is 1. The van der Waals surface area contributed by atoms with Gasteiger partial charge >= 0.3 is 6.09 Å². The molecule has 3 nitrogen and oxygen atoms in total. The van der Waals surface area contributed by atoms with Crippen molar-refractivity contribution in [3.63, 3.8) is 0 Å². The summed E-state index contributed by atoms with van der Waals surface area (Å²) in [5, 5.41) is 2.88. The van der Waals surface area contributed by atoms with Gasteiger partial charge < -0.3 is 10.1 Å². The van der Waals surface area contributed by atoms with Crippen LogP contribution in [0, 0.1) is 0 Å². The molecule has 1 atom stereocenters. The highest BCUT2D eigenvalue weighted by atomic mass is 79.9. The Labute approximate surface area is 146 Å². The first-order valence-electron chi connectivity index (χ1n) is 7.62. The molecule has 122 valence electrons. The van der Waals surface area contributed by atoms with E-state index in [0.29, 0.717) is 6.54 Å². The molecule has 1 N–H and O–H groups in total. The fraction of sp³-hybridized carbons (Fsp3) is 0.316. The van der Waals surface area contributed by atoms with Crippen molar-refractivity contribution < 1.29 is 9.53 Å². The van der Waals surface area contributed by atoms with E-state index in [1.165, 1.54) is 0 Å². The maximum Gasteiger partial charge on any atom is 0.407 e. The molecule has 1 amide bonds. The maximum absolute atomic E-state index is 12.0. The van der Waals surface area contributed by atoms with Gasteiger partial charge in [-0.05, 0) is 44.0 Å². The largest absolute Gasteiger partial charge is 0.444 e. The van der Waals surface area contributed by atoms with E-state index in [2.05, 4.69) is 45.5 Å². The number of benzene rings is 2. The Morgan fingerprint density at radius 2 is 1.74 bits per heavy atom. The Balaban J connectivity index is 2.17. The normalized spacial score (nSPS) is 12.5. The van der Waals surface area contributed by atoms with Gasteiger partial charge in [-0.25, -0.2) is 4.79 Å². The molecule has 0 aliphatic rings. The van der Waals surface area contributed by atoms with Crippen molar-refractivity contribution in [2.75, 3.05) is 6.54 Å². The molecule has 0 aliphatic carbocycles. The molecule has 0 aromatic heterocycles. The average molecular weight is 376 g/mol. The molecule has 0 fully saturated rings. The predicted octanol–water partition coefficient (Wildman–Crippen LogP) is 5.11. The Hall–Kier alpha value is -1.81. The number of rotatable bonds is 4. The van der Waals surface area contributed by atoms with Gasteiger partial charge in [0.25, 0.3) is 0 Å². The third-order valence-electron chi connectivity index (χ3n) is 3.30. The van der Waals surface area contributed by atoms with E-state index in [-0.39, 0.29) is 5.92 Å². The quantitative estimate of drug-likeness (QED) is 0.806. The van der Waals surface area contributed by atoms with Crippen molar-refractivity contribution >= 4 is 22.0 Å². The topological polar surface area (TPSA) is 38.3 Å². The number of hydrogen-bond donors (Lipinski definition) is 1. The predicted molar refractivity (Wildman–Crippen MR) is 96.7 cm³/mol. The molecule has 2 aromatic rings. The molecule has 0 radical (unpaired) electrons. The zero-order valence-electron chi connectivity index (χ0n) is 13.7. The summed E-state index contributed by atoms with van der Waals surface area (Å²) in [5.41, 5.74) is 1.80. The Kier molecular flexibility index (Phi) is 5.83. The second-order valence-corrected chi connectivity index (χ2v) is 7.32. The Bertz CT molecular complexity index is 650. The maximum atomic E-state index is 12.0. The van der Waals surface area contributed by atoms with Crippen molar-refractivity contribution in [3.8, 4) is 0 Å². The highest BCUT2D eigenvalue weighted by molar-refractivity contribution is 9.10. The van der Waals surface area contributed by atoms with Crippen LogP contribution in [-0.4, -0.2) is 18.2 Å². The fourth-order valence-electron chi connectivity index (χ4n) is 2.34. The Morgan fingerprint density at radius 1 is 1.09 bits per heavy atom. The van der Waals surface area contributed by atoms with Crippen molar-refractivity contribution in [3.05, 3.63) is 70.2 Å². The van der Waals surface area contributed by atoms with Crippen LogP contribution in [0.2, 0.25) is 0 Å². The molecule has 2 rings (SSSR count). The van der Waals surface area contributed by atoms with Crippen LogP contribution < -0.4 is 5.32 Å². The summed E-state index contributed by atoms with van der Waals surface area (Å²) in [6.07, 6.45) is -0.395. The van der Waals surface area contributed by atoms with Crippen molar-refractivity contribution in [2.45, 2.75) is 32.3 Å². The number of ether oxygens (including phenoxy) is 1. The molecular formula is C19H22BrNO2. The lowest BCUT2D eigenvalue weighted by atomic mass is 9.91. The lowest BCUT2D eigenvalue weighted by Gasteiger charge is -2.22. The number of carbonyl (C=O) groups is 1. The van der Waals surface area contributed by atoms with Crippen LogP contribution in [0.3, 0.4) is 0 Å². The molecule has 23 heavy (non-hydrogen) atoms. The van der Waals surface area contributed by atoms with Crippen LogP contribution in [0.25, 0.3) is 0 Å². The summed E-state index contributed by atoms with van der Waals surface area (Å²) < 4.78 is 6.35. The molecule has 1 unspecified atom stereocenters. The summed E-state index contributed by atoms with van der Waals surface area (Å²) in [7, 11) is 0.